The van der Waals surface area contributed by atoms with Crippen LogP contribution in [0.15, 0.2) is 53.6 Å². The standard InChI is InChI=1S/C15H12Cl2N2O2S/c16-11-4-5-15(13(17)8-11)22(20,21)19-9-10-2-1-3-14-12(10)6-7-18-14/h1-8,18-19H,9H2. The first-order chi connectivity index (χ1) is 10.5. The van der Waals surface area contributed by atoms with Gasteiger partial charge in [-0.05, 0) is 35.9 Å². The fraction of sp³-hybridized carbons (Fsp3) is 0.0667. The Kier molecular flexibility index (Phi) is 4.14. The van der Waals surface area contributed by atoms with Crippen molar-refractivity contribution in [3.63, 3.8) is 0 Å². The molecule has 1 heterocycles. The summed E-state index contributed by atoms with van der Waals surface area (Å²) in [6, 6.07) is 11.9. The van der Waals surface area contributed by atoms with Gasteiger partial charge in [-0.3, -0.25) is 0 Å². The largest absolute Gasteiger partial charge is 0.361 e. The van der Waals surface area contributed by atoms with Gasteiger partial charge >= 0.3 is 0 Å². The van der Waals surface area contributed by atoms with Crippen molar-refractivity contribution in [1.29, 1.82) is 0 Å². The predicted molar refractivity (Wildman–Crippen MR) is 88.8 cm³/mol. The summed E-state index contributed by atoms with van der Waals surface area (Å²) in [5, 5.41) is 1.47. The van der Waals surface area contributed by atoms with Gasteiger partial charge in [0.1, 0.15) is 4.90 Å². The lowest BCUT2D eigenvalue weighted by atomic mass is 10.1. The molecule has 4 nitrogen and oxygen atoms in total. The number of fused-ring (bicyclic) bond motifs is 1. The Morgan fingerprint density at radius 3 is 2.68 bits per heavy atom. The van der Waals surface area contributed by atoms with Crippen molar-refractivity contribution in [2.24, 2.45) is 0 Å². The van der Waals surface area contributed by atoms with Gasteiger partial charge in [0.2, 0.25) is 10.0 Å². The molecule has 2 aromatic carbocycles. The number of nitrogens with one attached hydrogen (secondary N) is 2. The quantitative estimate of drug-likeness (QED) is 0.744. The fourth-order valence-corrected chi connectivity index (χ4v) is 4.03. The van der Waals surface area contributed by atoms with Crippen molar-refractivity contribution in [3.05, 3.63) is 64.3 Å². The van der Waals surface area contributed by atoms with Crippen molar-refractivity contribution in [1.82, 2.24) is 9.71 Å². The van der Waals surface area contributed by atoms with Crippen LogP contribution in [0.4, 0.5) is 0 Å². The number of aromatic nitrogens is 1. The van der Waals surface area contributed by atoms with Gasteiger partial charge in [0.25, 0.3) is 0 Å². The molecule has 0 saturated heterocycles. The minimum absolute atomic E-state index is 0.0137. The molecule has 0 aliphatic carbocycles. The maximum absolute atomic E-state index is 12.4. The average molecular weight is 355 g/mol. The third-order valence-corrected chi connectivity index (χ3v) is 5.44. The van der Waals surface area contributed by atoms with Crippen molar-refractivity contribution >= 4 is 44.1 Å². The van der Waals surface area contributed by atoms with Crippen molar-refractivity contribution in [2.75, 3.05) is 0 Å². The second-order valence-corrected chi connectivity index (χ2v) is 7.33. The Balaban J connectivity index is 1.87. The Morgan fingerprint density at radius 1 is 1.09 bits per heavy atom. The highest BCUT2D eigenvalue weighted by molar-refractivity contribution is 7.89. The lowest BCUT2D eigenvalue weighted by molar-refractivity contribution is 0.581. The molecule has 3 aromatic rings. The fourth-order valence-electron chi connectivity index (χ4n) is 2.25. The van der Waals surface area contributed by atoms with Crippen LogP contribution in [-0.4, -0.2) is 13.4 Å². The topological polar surface area (TPSA) is 62.0 Å². The van der Waals surface area contributed by atoms with E-state index in [1.807, 2.05) is 30.5 Å². The van der Waals surface area contributed by atoms with Gasteiger partial charge in [-0.1, -0.05) is 35.3 Å². The number of aromatic amines is 1. The molecule has 2 N–H and O–H groups in total. The minimum atomic E-state index is -3.71. The second kappa shape index (κ2) is 5.93. The molecule has 0 amide bonds. The van der Waals surface area contributed by atoms with Gasteiger partial charge < -0.3 is 4.98 Å². The number of halogens is 2. The molecule has 0 spiro atoms. The smallest absolute Gasteiger partial charge is 0.242 e. The molecule has 114 valence electrons. The van der Waals surface area contributed by atoms with Crippen LogP contribution < -0.4 is 4.72 Å². The lowest BCUT2D eigenvalue weighted by Crippen LogP contribution is -2.23. The Hall–Kier alpha value is -1.53. The van der Waals surface area contributed by atoms with E-state index in [9.17, 15) is 8.42 Å². The molecule has 3 rings (SSSR count). The van der Waals surface area contributed by atoms with E-state index < -0.39 is 10.0 Å². The number of sulfonamides is 1. The zero-order chi connectivity index (χ0) is 15.7. The number of rotatable bonds is 4. The number of hydrogen-bond acceptors (Lipinski definition) is 2. The highest BCUT2D eigenvalue weighted by Gasteiger charge is 2.18. The van der Waals surface area contributed by atoms with Crippen LogP contribution in [0.2, 0.25) is 10.0 Å². The molecule has 0 saturated carbocycles. The summed E-state index contributed by atoms with van der Waals surface area (Å²) in [5.41, 5.74) is 1.84. The molecule has 0 bridgehead atoms. The molecule has 0 unspecified atom stereocenters. The number of H-pyrrole nitrogens is 1. The summed E-state index contributed by atoms with van der Waals surface area (Å²) >= 11 is 11.8. The SMILES string of the molecule is O=S(=O)(NCc1cccc2[nH]ccc12)c1ccc(Cl)cc1Cl. The summed E-state index contributed by atoms with van der Waals surface area (Å²) < 4.78 is 27.3. The van der Waals surface area contributed by atoms with E-state index in [1.54, 1.807) is 0 Å². The van der Waals surface area contributed by atoms with Gasteiger partial charge in [0.05, 0.1) is 5.02 Å². The molecule has 0 aliphatic heterocycles. The Labute approximate surface area is 138 Å². The highest BCUT2D eigenvalue weighted by Crippen LogP contribution is 2.25. The van der Waals surface area contributed by atoms with Crippen LogP contribution in [0, 0.1) is 0 Å². The Morgan fingerprint density at radius 2 is 1.91 bits per heavy atom. The van der Waals surface area contributed by atoms with Crippen LogP contribution in [0.3, 0.4) is 0 Å². The van der Waals surface area contributed by atoms with Crippen LogP contribution in [-0.2, 0) is 16.6 Å². The average Bonchev–Trinajstić information content (AvgIpc) is 2.93. The molecule has 1 aromatic heterocycles. The molecular formula is C15H12Cl2N2O2S. The number of hydrogen-bond donors (Lipinski definition) is 2. The van der Waals surface area contributed by atoms with Gasteiger partial charge in [-0.2, -0.15) is 0 Å². The molecule has 7 heteroatoms. The monoisotopic (exact) mass is 354 g/mol. The molecular weight excluding hydrogens is 343 g/mol. The van der Waals surface area contributed by atoms with Gasteiger partial charge in [0.15, 0.2) is 0 Å². The van der Waals surface area contributed by atoms with Gasteiger partial charge in [0, 0.05) is 28.7 Å². The summed E-state index contributed by atoms with van der Waals surface area (Å²) in [6.07, 6.45) is 1.82. The first-order valence-corrected chi connectivity index (χ1v) is 8.71. The van der Waals surface area contributed by atoms with Crippen molar-refractivity contribution in [2.45, 2.75) is 11.4 Å². The zero-order valence-electron chi connectivity index (χ0n) is 11.3. The third-order valence-electron chi connectivity index (χ3n) is 3.32. The van der Waals surface area contributed by atoms with E-state index in [0.717, 1.165) is 16.5 Å². The van der Waals surface area contributed by atoms with E-state index in [-0.39, 0.29) is 16.5 Å². The molecule has 0 fully saturated rings. The molecule has 0 atom stereocenters. The van der Waals surface area contributed by atoms with Crippen LogP contribution >= 0.6 is 23.2 Å². The third kappa shape index (κ3) is 2.98. The molecule has 0 radical (unpaired) electrons. The number of benzene rings is 2. The predicted octanol–water partition coefficient (Wildman–Crippen LogP) is 3.95. The summed E-state index contributed by atoms with van der Waals surface area (Å²) in [7, 11) is -3.71. The lowest BCUT2D eigenvalue weighted by Gasteiger charge is -2.09. The van der Waals surface area contributed by atoms with E-state index in [0.29, 0.717) is 5.02 Å². The molecule has 22 heavy (non-hydrogen) atoms. The maximum atomic E-state index is 12.4. The van der Waals surface area contributed by atoms with Crippen LogP contribution in [0.5, 0.6) is 0 Å². The highest BCUT2D eigenvalue weighted by atomic mass is 35.5. The van der Waals surface area contributed by atoms with Crippen LogP contribution in [0.25, 0.3) is 10.9 Å². The second-order valence-electron chi connectivity index (χ2n) is 4.76. The normalized spacial score (nSPS) is 11.9. The van der Waals surface area contributed by atoms with E-state index in [2.05, 4.69) is 9.71 Å². The van der Waals surface area contributed by atoms with E-state index in [4.69, 9.17) is 23.2 Å². The van der Waals surface area contributed by atoms with Gasteiger partial charge in [-0.25, -0.2) is 13.1 Å². The van der Waals surface area contributed by atoms with Crippen molar-refractivity contribution < 1.29 is 8.42 Å². The maximum Gasteiger partial charge on any atom is 0.242 e. The van der Waals surface area contributed by atoms with Crippen molar-refractivity contribution in [3.8, 4) is 0 Å². The summed E-state index contributed by atoms with van der Waals surface area (Å²) in [6.45, 7) is 0.177. The Bertz CT molecular complexity index is 936. The first-order valence-electron chi connectivity index (χ1n) is 6.47. The zero-order valence-corrected chi connectivity index (χ0v) is 13.6. The van der Waals surface area contributed by atoms with E-state index in [1.165, 1.54) is 18.2 Å². The first kappa shape index (κ1) is 15.4. The summed E-state index contributed by atoms with van der Waals surface area (Å²) in [5.74, 6) is 0. The van der Waals surface area contributed by atoms with E-state index >= 15 is 0 Å². The molecule has 0 aliphatic rings. The minimum Gasteiger partial charge on any atom is -0.361 e. The summed E-state index contributed by atoms with van der Waals surface area (Å²) in [4.78, 5) is 3.10. The van der Waals surface area contributed by atoms with Gasteiger partial charge in [-0.15, -0.1) is 0 Å². The van der Waals surface area contributed by atoms with Crippen LogP contribution in [0.1, 0.15) is 5.56 Å².